The molecule has 0 amide bonds. The van der Waals surface area contributed by atoms with E-state index in [1.807, 2.05) is 0 Å². The van der Waals surface area contributed by atoms with Crippen LogP contribution in [0.25, 0.3) is 0 Å². The van der Waals surface area contributed by atoms with E-state index in [2.05, 4.69) is 50.4 Å². The van der Waals surface area contributed by atoms with E-state index in [9.17, 15) is 0 Å². The Kier molecular flexibility index (Phi) is 14.0. The second kappa shape index (κ2) is 14.0. The lowest BCUT2D eigenvalue weighted by Crippen LogP contribution is -2.39. The summed E-state index contributed by atoms with van der Waals surface area (Å²) in [5.41, 5.74) is 0.177. The van der Waals surface area contributed by atoms with Gasteiger partial charge in [0.15, 0.2) is 5.96 Å². The zero-order chi connectivity index (χ0) is 17.8. The molecule has 1 aliphatic rings. The van der Waals surface area contributed by atoms with Gasteiger partial charge in [-0.05, 0) is 45.7 Å². The van der Waals surface area contributed by atoms with Gasteiger partial charge in [0, 0.05) is 32.8 Å². The van der Waals surface area contributed by atoms with E-state index in [0.29, 0.717) is 6.10 Å². The summed E-state index contributed by atoms with van der Waals surface area (Å²) in [6.45, 7) is 11.1. The largest absolute Gasteiger partial charge is 0.378 e. The van der Waals surface area contributed by atoms with Crippen molar-refractivity contribution < 1.29 is 4.74 Å². The molecule has 0 aliphatic heterocycles. The molecule has 1 aliphatic carbocycles. The van der Waals surface area contributed by atoms with Crippen molar-refractivity contribution in [2.24, 2.45) is 10.4 Å². The molecular weight excluding hydrogens is 427 g/mol. The maximum Gasteiger partial charge on any atom is 0.191 e. The highest BCUT2D eigenvalue weighted by Gasteiger charge is 2.18. The van der Waals surface area contributed by atoms with Crippen LogP contribution in [0.15, 0.2) is 4.99 Å². The normalized spacial score (nSPS) is 16.6. The number of rotatable bonds is 10. The van der Waals surface area contributed by atoms with Crippen LogP contribution in [0, 0.1) is 5.41 Å². The molecule has 0 heterocycles. The van der Waals surface area contributed by atoms with Gasteiger partial charge in [0.2, 0.25) is 0 Å². The Balaban J connectivity index is 0.00000576. The van der Waals surface area contributed by atoms with Crippen molar-refractivity contribution in [1.82, 2.24) is 15.5 Å². The first-order chi connectivity index (χ1) is 11.4. The zero-order valence-corrected chi connectivity index (χ0v) is 19.4. The minimum Gasteiger partial charge on any atom is -0.378 e. The quantitative estimate of drug-likeness (QED) is 0.223. The lowest BCUT2D eigenvalue weighted by molar-refractivity contribution is 0.0277. The van der Waals surface area contributed by atoms with Crippen molar-refractivity contribution >= 4 is 29.9 Å². The molecule has 2 N–H and O–H groups in total. The van der Waals surface area contributed by atoms with Gasteiger partial charge >= 0.3 is 0 Å². The molecule has 5 nitrogen and oxygen atoms in total. The van der Waals surface area contributed by atoms with Crippen LogP contribution in [0.5, 0.6) is 0 Å². The number of hydrogen-bond donors (Lipinski definition) is 2. The second-order valence-corrected chi connectivity index (χ2v) is 8.01. The molecule has 0 saturated heterocycles. The molecule has 25 heavy (non-hydrogen) atoms. The topological polar surface area (TPSA) is 48.9 Å². The maximum absolute atomic E-state index is 5.98. The van der Waals surface area contributed by atoms with Crippen molar-refractivity contribution in [1.29, 1.82) is 0 Å². The third kappa shape index (κ3) is 12.8. The van der Waals surface area contributed by atoms with Crippen molar-refractivity contribution in [3.8, 4) is 0 Å². The average Bonchev–Trinajstić information content (AvgIpc) is 2.52. The van der Waals surface area contributed by atoms with E-state index >= 15 is 0 Å². The third-order valence-corrected chi connectivity index (χ3v) is 4.27. The van der Waals surface area contributed by atoms with Crippen molar-refractivity contribution in [2.45, 2.75) is 65.4 Å². The molecule has 6 heteroatoms. The van der Waals surface area contributed by atoms with Gasteiger partial charge in [-0.2, -0.15) is 0 Å². The number of nitrogens with zero attached hydrogens (tertiary/aromatic N) is 2. The maximum atomic E-state index is 5.98. The SMILES string of the molecule is CCNC(=NCC(C)(C)CN(C)C)NCCCOC1CCCCC1.I. The van der Waals surface area contributed by atoms with Gasteiger partial charge < -0.3 is 20.3 Å². The highest BCUT2D eigenvalue weighted by Crippen LogP contribution is 2.20. The molecule has 0 aromatic heterocycles. The summed E-state index contributed by atoms with van der Waals surface area (Å²) in [6, 6.07) is 0. The summed E-state index contributed by atoms with van der Waals surface area (Å²) in [4.78, 5) is 6.97. The number of ether oxygens (including phenoxy) is 1. The van der Waals surface area contributed by atoms with Gasteiger partial charge in [0.25, 0.3) is 0 Å². The third-order valence-electron chi connectivity index (χ3n) is 4.27. The molecular formula is C19H41IN4O. The molecule has 0 unspecified atom stereocenters. The molecule has 0 aromatic carbocycles. The number of aliphatic imine (C=N–C) groups is 1. The minimum atomic E-state index is 0. The molecule has 0 aromatic rings. The average molecular weight is 468 g/mol. The number of hydrogen-bond acceptors (Lipinski definition) is 3. The molecule has 150 valence electrons. The van der Waals surface area contributed by atoms with Crippen LogP contribution in [0.2, 0.25) is 0 Å². The number of nitrogens with one attached hydrogen (secondary N) is 2. The summed E-state index contributed by atoms with van der Waals surface area (Å²) in [5.74, 6) is 0.919. The predicted octanol–water partition coefficient (Wildman–Crippen LogP) is 3.49. The summed E-state index contributed by atoms with van der Waals surface area (Å²) in [7, 11) is 4.22. The van der Waals surface area contributed by atoms with E-state index in [1.54, 1.807) is 0 Å². The number of guanidine groups is 1. The Morgan fingerprint density at radius 2 is 1.84 bits per heavy atom. The fourth-order valence-electron chi connectivity index (χ4n) is 3.30. The first-order valence-electron chi connectivity index (χ1n) is 9.71. The smallest absolute Gasteiger partial charge is 0.191 e. The zero-order valence-electron chi connectivity index (χ0n) is 17.1. The van der Waals surface area contributed by atoms with Gasteiger partial charge in [-0.3, -0.25) is 4.99 Å². The Labute approximate surface area is 172 Å². The van der Waals surface area contributed by atoms with Gasteiger partial charge in [0.05, 0.1) is 6.10 Å². The Bertz CT molecular complexity index is 355. The molecule has 1 rings (SSSR count). The van der Waals surface area contributed by atoms with E-state index < -0.39 is 0 Å². The minimum absolute atomic E-state index is 0. The fraction of sp³-hybridized carbons (Fsp3) is 0.947. The van der Waals surface area contributed by atoms with Gasteiger partial charge in [-0.1, -0.05) is 33.1 Å². The van der Waals surface area contributed by atoms with Crippen LogP contribution in [-0.4, -0.2) is 63.8 Å². The summed E-state index contributed by atoms with van der Waals surface area (Å²) < 4.78 is 5.98. The molecule has 1 fully saturated rings. The predicted molar refractivity (Wildman–Crippen MR) is 119 cm³/mol. The van der Waals surface area contributed by atoms with Crippen molar-refractivity contribution in [3.63, 3.8) is 0 Å². The summed E-state index contributed by atoms with van der Waals surface area (Å²) >= 11 is 0. The Hall–Kier alpha value is -0.0800. The highest BCUT2D eigenvalue weighted by atomic mass is 127. The van der Waals surface area contributed by atoms with E-state index in [0.717, 1.165) is 45.2 Å². The molecule has 0 atom stereocenters. The standard InChI is InChI=1S/C19H40N4O.HI/c1-6-20-18(22-15-19(2,3)16-23(4)5)21-13-10-14-24-17-11-8-7-9-12-17;/h17H,6-16H2,1-5H3,(H2,20,21,22);1H. The van der Waals surface area contributed by atoms with Crippen LogP contribution in [0.1, 0.15) is 59.3 Å². The fourth-order valence-corrected chi connectivity index (χ4v) is 3.30. The van der Waals surface area contributed by atoms with Gasteiger partial charge in [0.1, 0.15) is 0 Å². The van der Waals surface area contributed by atoms with E-state index in [4.69, 9.17) is 9.73 Å². The monoisotopic (exact) mass is 468 g/mol. The Morgan fingerprint density at radius 1 is 1.16 bits per heavy atom. The Morgan fingerprint density at radius 3 is 2.44 bits per heavy atom. The van der Waals surface area contributed by atoms with Crippen LogP contribution in [-0.2, 0) is 4.74 Å². The molecule has 0 bridgehead atoms. The molecule has 0 radical (unpaired) electrons. The summed E-state index contributed by atoms with van der Waals surface area (Å²) in [6.07, 6.45) is 8.09. The first kappa shape index (κ1) is 24.9. The van der Waals surface area contributed by atoms with E-state index in [-0.39, 0.29) is 29.4 Å². The van der Waals surface area contributed by atoms with Crippen LogP contribution < -0.4 is 10.6 Å². The lowest BCUT2D eigenvalue weighted by Gasteiger charge is -2.27. The molecule has 1 saturated carbocycles. The van der Waals surface area contributed by atoms with Gasteiger partial charge in [-0.25, -0.2) is 0 Å². The van der Waals surface area contributed by atoms with Crippen LogP contribution >= 0.6 is 24.0 Å². The lowest BCUT2D eigenvalue weighted by atomic mass is 9.93. The second-order valence-electron chi connectivity index (χ2n) is 8.01. The van der Waals surface area contributed by atoms with Crippen molar-refractivity contribution in [2.75, 3.05) is 46.9 Å². The van der Waals surface area contributed by atoms with Crippen molar-refractivity contribution in [3.05, 3.63) is 0 Å². The van der Waals surface area contributed by atoms with Crippen LogP contribution in [0.3, 0.4) is 0 Å². The van der Waals surface area contributed by atoms with Gasteiger partial charge in [-0.15, -0.1) is 24.0 Å². The number of halogens is 1. The first-order valence-corrected chi connectivity index (χ1v) is 9.71. The van der Waals surface area contributed by atoms with Crippen LogP contribution in [0.4, 0.5) is 0 Å². The highest BCUT2D eigenvalue weighted by molar-refractivity contribution is 14.0. The summed E-state index contributed by atoms with van der Waals surface area (Å²) in [5, 5.41) is 6.76. The molecule has 0 spiro atoms. The van der Waals surface area contributed by atoms with E-state index in [1.165, 1.54) is 32.1 Å².